The number of carboxylic acids is 1. The lowest BCUT2D eigenvalue weighted by Crippen LogP contribution is -2.00. The number of nitrogens with zero attached hydrogens (tertiary/aromatic N) is 1. The normalized spacial score (nSPS) is 10.2. The number of nitrogens with one attached hydrogen (secondary N) is 1. The molecule has 0 unspecified atom stereocenters. The van der Waals surface area contributed by atoms with Crippen LogP contribution in [0.3, 0.4) is 0 Å². The molecule has 2 aromatic rings. The molecule has 0 radical (unpaired) electrons. The Balaban J connectivity index is 2.36. The molecule has 1 aromatic heterocycles. The molecule has 0 amide bonds. The number of aromatic amines is 1. The molecule has 3 N–H and O–H groups in total. The van der Waals surface area contributed by atoms with Gasteiger partial charge in [-0.15, -0.1) is 0 Å². The summed E-state index contributed by atoms with van der Waals surface area (Å²) in [6.07, 6.45) is 1.42. The van der Waals surface area contributed by atoms with Crippen LogP contribution < -0.4 is 0 Å². The number of carbonyl (C=O) groups is 1. The first-order chi connectivity index (χ1) is 7.66. The van der Waals surface area contributed by atoms with Gasteiger partial charge in [0.25, 0.3) is 0 Å². The summed E-state index contributed by atoms with van der Waals surface area (Å²) in [4.78, 5) is 10.6. The summed E-state index contributed by atoms with van der Waals surface area (Å²) in [5, 5.41) is 24.4. The van der Waals surface area contributed by atoms with E-state index in [0.717, 1.165) is 5.56 Å². The Morgan fingerprint density at radius 2 is 2.00 bits per heavy atom. The number of benzene rings is 1. The Morgan fingerprint density at radius 1 is 1.31 bits per heavy atom. The zero-order valence-electron chi connectivity index (χ0n) is 8.34. The zero-order valence-corrected chi connectivity index (χ0v) is 8.34. The standard InChI is InChI=1S/C11H10N2O3/c14-9-3-1-7(2-4-9)11-8(5-10(15)16)6-12-13-11/h1-4,6,14H,5H2,(H,12,13)(H,15,16). The highest BCUT2D eigenvalue weighted by Crippen LogP contribution is 2.23. The molecule has 0 aliphatic carbocycles. The van der Waals surface area contributed by atoms with Crippen LogP contribution in [0.1, 0.15) is 5.56 Å². The Labute approximate surface area is 91.4 Å². The van der Waals surface area contributed by atoms with Crippen molar-refractivity contribution in [3.63, 3.8) is 0 Å². The molecule has 0 fully saturated rings. The van der Waals surface area contributed by atoms with Crippen molar-refractivity contribution in [2.75, 3.05) is 0 Å². The van der Waals surface area contributed by atoms with E-state index in [1.54, 1.807) is 24.3 Å². The summed E-state index contributed by atoms with van der Waals surface area (Å²) in [5.41, 5.74) is 2.09. The summed E-state index contributed by atoms with van der Waals surface area (Å²) in [7, 11) is 0. The minimum absolute atomic E-state index is 0.0767. The van der Waals surface area contributed by atoms with Crippen LogP contribution >= 0.6 is 0 Å². The van der Waals surface area contributed by atoms with Crippen molar-refractivity contribution in [1.29, 1.82) is 0 Å². The molecule has 0 saturated carbocycles. The molecule has 0 aliphatic heterocycles. The molecular weight excluding hydrogens is 208 g/mol. The van der Waals surface area contributed by atoms with Crippen LogP contribution in [0.2, 0.25) is 0 Å². The monoisotopic (exact) mass is 218 g/mol. The van der Waals surface area contributed by atoms with E-state index >= 15 is 0 Å². The third-order valence-corrected chi connectivity index (χ3v) is 2.22. The van der Waals surface area contributed by atoms with Crippen LogP contribution in [0.5, 0.6) is 5.75 Å². The molecule has 0 saturated heterocycles. The van der Waals surface area contributed by atoms with E-state index in [1.165, 1.54) is 6.20 Å². The van der Waals surface area contributed by atoms with Crippen LogP contribution in [0, 0.1) is 0 Å². The number of aromatic nitrogens is 2. The number of hydrogen-bond donors (Lipinski definition) is 3. The summed E-state index contributed by atoms with van der Waals surface area (Å²) < 4.78 is 0. The predicted octanol–water partition coefficient (Wildman–Crippen LogP) is 1.41. The lowest BCUT2D eigenvalue weighted by molar-refractivity contribution is -0.136. The van der Waals surface area contributed by atoms with Crippen LogP contribution in [0.15, 0.2) is 30.5 Å². The maximum absolute atomic E-state index is 10.6. The molecule has 82 valence electrons. The van der Waals surface area contributed by atoms with Crippen LogP contribution in [0.4, 0.5) is 0 Å². The average Bonchev–Trinajstić information content (AvgIpc) is 2.66. The van der Waals surface area contributed by atoms with Crippen molar-refractivity contribution in [2.24, 2.45) is 0 Å². The summed E-state index contributed by atoms with van der Waals surface area (Å²) in [5.74, 6) is -0.732. The largest absolute Gasteiger partial charge is 0.508 e. The first kappa shape index (κ1) is 10.2. The van der Waals surface area contributed by atoms with Gasteiger partial charge >= 0.3 is 5.97 Å². The van der Waals surface area contributed by atoms with E-state index in [1.807, 2.05) is 0 Å². The van der Waals surface area contributed by atoms with Crippen molar-refractivity contribution in [3.05, 3.63) is 36.0 Å². The van der Waals surface area contributed by atoms with Gasteiger partial charge in [-0.2, -0.15) is 5.10 Å². The lowest BCUT2D eigenvalue weighted by Gasteiger charge is -2.01. The van der Waals surface area contributed by atoms with Gasteiger partial charge in [0, 0.05) is 11.1 Å². The number of rotatable bonds is 3. The van der Waals surface area contributed by atoms with Gasteiger partial charge in [-0.3, -0.25) is 9.89 Å². The molecule has 5 heteroatoms. The van der Waals surface area contributed by atoms with Crippen molar-refractivity contribution in [3.8, 4) is 17.0 Å². The number of carboxylic acid groups (broad SMARTS) is 1. The average molecular weight is 218 g/mol. The van der Waals surface area contributed by atoms with E-state index in [2.05, 4.69) is 10.2 Å². The Bertz CT molecular complexity index is 502. The topological polar surface area (TPSA) is 86.2 Å². The molecule has 0 aliphatic rings. The zero-order chi connectivity index (χ0) is 11.5. The number of phenols is 1. The minimum Gasteiger partial charge on any atom is -0.508 e. The van der Waals surface area contributed by atoms with Gasteiger partial charge in [0.1, 0.15) is 5.75 Å². The number of phenolic OH excluding ortho intramolecular Hbond substituents is 1. The van der Waals surface area contributed by atoms with Crippen molar-refractivity contribution >= 4 is 5.97 Å². The minimum atomic E-state index is -0.901. The van der Waals surface area contributed by atoms with E-state index in [0.29, 0.717) is 11.3 Å². The Morgan fingerprint density at radius 3 is 2.62 bits per heavy atom. The summed E-state index contributed by atoms with van der Waals surface area (Å²) in [6.45, 7) is 0. The molecule has 0 spiro atoms. The highest BCUT2D eigenvalue weighted by Gasteiger charge is 2.10. The third kappa shape index (κ3) is 2.03. The van der Waals surface area contributed by atoms with Crippen LogP contribution in [-0.4, -0.2) is 26.4 Å². The fourth-order valence-corrected chi connectivity index (χ4v) is 1.49. The van der Waals surface area contributed by atoms with Crippen LogP contribution in [-0.2, 0) is 11.2 Å². The molecule has 1 aromatic carbocycles. The maximum atomic E-state index is 10.6. The van der Waals surface area contributed by atoms with E-state index in [4.69, 9.17) is 10.2 Å². The van der Waals surface area contributed by atoms with E-state index in [-0.39, 0.29) is 12.2 Å². The second kappa shape index (κ2) is 4.06. The fraction of sp³-hybridized carbons (Fsp3) is 0.0909. The smallest absolute Gasteiger partial charge is 0.307 e. The third-order valence-electron chi connectivity index (χ3n) is 2.22. The lowest BCUT2D eigenvalue weighted by atomic mass is 10.1. The van der Waals surface area contributed by atoms with Crippen molar-refractivity contribution in [1.82, 2.24) is 10.2 Å². The first-order valence-corrected chi connectivity index (χ1v) is 4.70. The quantitative estimate of drug-likeness (QED) is 0.727. The number of aliphatic carboxylic acids is 1. The molecule has 5 nitrogen and oxygen atoms in total. The SMILES string of the molecule is O=C(O)Cc1cn[nH]c1-c1ccc(O)cc1. The van der Waals surface area contributed by atoms with Crippen molar-refractivity contribution in [2.45, 2.75) is 6.42 Å². The molecule has 16 heavy (non-hydrogen) atoms. The van der Waals surface area contributed by atoms with Gasteiger partial charge in [0.2, 0.25) is 0 Å². The van der Waals surface area contributed by atoms with Gasteiger partial charge in [-0.25, -0.2) is 0 Å². The van der Waals surface area contributed by atoms with E-state index in [9.17, 15) is 4.79 Å². The van der Waals surface area contributed by atoms with Gasteiger partial charge in [0.05, 0.1) is 18.3 Å². The molecule has 1 heterocycles. The Hall–Kier alpha value is -2.30. The Kier molecular flexibility index (Phi) is 2.59. The summed E-state index contributed by atoms with van der Waals surface area (Å²) >= 11 is 0. The molecule has 0 bridgehead atoms. The number of hydrogen-bond acceptors (Lipinski definition) is 3. The number of aromatic hydroxyl groups is 1. The van der Waals surface area contributed by atoms with Gasteiger partial charge in [-0.05, 0) is 24.3 Å². The maximum Gasteiger partial charge on any atom is 0.307 e. The van der Waals surface area contributed by atoms with Crippen molar-refractivity contribution < 1.29 is 15.0 Å². The van der Waals surface area contributed by atoms with Crippen LogP contribution in [0.25, 0.3) is 11.3 Å². The summed E-state index contributed by atoms with van der Waals surface area (Å²) in [6, 6.07) is 6.49. The predicted molar refractivity (Wildman–Crippen MR) is 57.0 cm³/mol. The second-order valence-corrected chi connectivity index (χ2v) is 3.39. The van der Waals surface area contributed by atoms with Gasteiger partial charge < -0.3 is 10.2 Å². The second-order valence-electron chi connectivity index (χ2n) is 3.39. The van der Waals surface area contributed by atoms with E-state index < -0.39 is 5.97 Å². The fourth-order valence-electron chi connectivity index (χ4n) is 1.49. The molecule has 0 atom stereocenters. The molecule has 2 rings (SSSR count). The number of H-pyrrole nitrogens is 1. The van der Waals surface area contributed by atoms with Gasteiger partial charge in [0.15, 0.2) is 0 Å². The van der Waals surface area contributed by atoms with Gasteiger partial charge in [-0.1, -0.05) is 0 Å². The molecular formula is C11H10N2O3. The highest BCUT2D eigenvalue weighted by molar-refractivity contribution is 5.74. The highest BCUT2D eigenvalue weighted by atomic mass is 16.4. The first-order valence-electron chi connectivity index (χ1n) is 4.70.